The Balaban J connectivity index is 2.28. The molecule has 0 atom stereocenters. The summed E-state index contributed by atoms with van der Waals surface area (Å²) in [6.07, 6.45) is 5.00. The van der Waals surface area contributed by atoms with Gasteiger partial charge in [0, 0.05) is 19.6 Å². The van der Waals surface area contributed by atoms with Crippen molar-refractivity contribution in [2.75, 3.05) is 23.8 Å². The summed E-state index contributed by atoms with van der Waals surface area (Å²) in [6, 6.07) is 0.533. The Bertz CT molecular complexity index is 417. The third-order valence-electron chi connectivity index (χ3n) is 3.40. The molecule has 2 rings (SSSR count). The van der Waals surface area contributed by atoms with Crippen LogP contribution in [0.2, 0.25) is 5.28 Å². The van der Waals surface area contributed by atoms with Gasteiger partial charge in [-0.1, -0.05) is 26.7 Å². The van der Waals surface area contributed by atoms with Crippen LogP contribution in [0.15, 0.2) is 0 Å². The lowest BCUT2D eigenvalue weighted by molar-refractivity contribution is 0.525. The standard InChI is InChI=1S/C13H22ClN5/c1-9(2)8-19(10-6-4-5-7-10)13-17-11(14)16-12(15-3)18-13/h9-10H,4-8H2,1-3H3,(H,15,16,17,18). The minimum atomic E-state index is 0.251. The molecule has 0 aromatic carbocycles. The van der Waals surface area contributed by atoms with E-state index in [9.17, 15) is 0 Å². The fraction of sp³-hybridized carbons (Fsp3) is 0.769. The summed E-state index contributed by atoms with van der Waals surface area (Å²) in [5.41, 5.74) is 0. The highest BCUT2D eigenvalue weighted by Crippen LogP contribution is 2.27. The Kier molecular flexibility index (Phi) is 4.80. The van der Waals surface area contributed by atoms with Crippen LogP contribution in [0, 0.1) is 5.92 Å². The van der Waals surface area contributed by atoms with E-state index in [1.807, 2.05) is 0 Å². The van der Waals surface area contributed by atoms with Gasteiger partial charge in [-0.05, 0) is 30.4 Å². The number of anilines is 2. The molecule has 1 aromatic heterocycles. The van der Waals surface area contributed by atoms with Crippen molar-refractivity contribution in [3.63, 3.8) is 0 Å². The highest BCUT2D eigenvalue weighted by atomic mass is 35.5. The summed E-state index contributed by atoms with van der Waals surface area (Å²) in [6.45, 7) is 5.38. The molecule has 0 amide bonds. The molecule has 19 heavy (non-hydrogen) atoms. The normalized spacial score (nSPS) is 16.1. The summed E-state index contributed by atoms with van der Waals surface area (Å²) in [7, 11) is 1.79. The largest absolute Gasteiger partial charge is 0.357 e. The van der Waals surface area contributed by atoms with Crippen LogP contribution in [-0.2, 0) is 0 Å². The monoisotopic (exact) mass is 283 g/mol. The zero-order valence-corrected chi connectivity index (χ0v) is 12.6. The molecule has 5 nitrogen and oxygen atoms in total. The number of nitrogens with one attached hydrogen (secondary N) is 1. The van der Waals surface area contributed by atoms with E-state index in [4.69, 9.17) is 11.6 Å². The van der Waals surface area contributed by atoms with Crippen LogP contribution in [0.25, 0.3) is 0 Å². The van der Waals surface area contributed by atoms with Crippen molar-refractivity contribution in [2.24, 2.45) is 5.92 Å². The van der Waals surface area contributed by atoms with Gasteiger partial charge in [-0.3, -0.25) is 0 Å². The number of halogens is 1. The average molecular weight is 284 g/mol. The summed E-state index contributed by atoms with van der Waals surface area (Å²) in [5, 5.41) is 3.18. The van der Waals surface area contributed by atoms with Crippen molar-refractivity contribution in [3.8, 4) is 0 Å². The maximum absolute atomic E-state index is 5.99. The van der Waals surface area contributed by atoms with Crippen LogP contribution in [0.1, 0.15) is 39.5 Å². The average Bonchev–Trinajstić information content (AvgIpc) is 2.88. The maximum Gasteiger partial charge on any atom is 0.231 e. The Morgan fingerprint density at radius 3 is 2.53 bits per heavy atom. The van der Waals surface area contributed by atoms with Crippen LogP contribution in [0.5, 0.6) is 0 Å². The molecule has 1 heterocycles. The molecule has 0 spiro atoms. The lowest BCUT2D eigenvalue weighted by atomic mass is 10.1. The molecule has 1 aliphatic carbocycles. The zero-order chi connectivity index (χ0) is 13.8. The number of nitrogens with zero attached hydrogens (tertiary/aromatic N) is 4. The van der Waals surface area contributed by atoms with Crippen LogP contribution >= 0.6 is 11.6 Å². The Labute approximate surface area is 119 Å². The highest BCUT2D eigenvalue weighted by molar-refractivity contribution is 6.28. The summed E-state index contributed by atoms with van der Waals surface area (Å²) in [4.78, 5) is 15.1. The minimum absolute atomic E-state index is 0.251. The van der Waals surface area contributed by atoms with Crippen molar-refractivity contribution in [3.05, 3.63) is 5.28 Å². The van der Waals surface area contributed by atoms with E-state index in [1.165, 1.54) is 25.7 Å². The minimum Gasteiger partial charge on any atom is -0.357 e. The van der Waals surface area contributed by atoms with Crippen LogP contribution in [-0.4, -0.2) is 34.6 Å². The van der Waals surface area contributed by atoms with Crippen molar-refractivity contribution < 1.29 is 0 Å². The smallest absolute Gasteiger partial charge is 0.231 e. The van der Waals surface area contributed by atoms with Gasteiger partial charge in [-0.25, -0.2) is 0 Å². The SMILES string of the molecule is CNc1nc(Cl)nc(N(CC(C)C)C2CCCC2)n1. The molecule has 1 aliphatic rings. The number of hydrogen-bond donors (Lipinski definition) is 1. The molecule has 0 radical (unpaired) electrons. The number of rotatable bonds is 5. The van der Waals surface area contributed by atoms with Gasteiger partial charge in [0.25, 0.3) is 0 Å². The van der Waals surface area contributed by atoms with Gasteiger partial charge in [-0.15, -0.1) is 0 Å². The van der Waals surface area contributed by atoms with E-state index in [-0.39, 0.29) is 5.28 Å². The second-order valence-electron chi connectivity index (χ2n) is 5.46. The third-order valence-corrected chi connectivity index (χ3v) is 3.57. The fourth-order valence-corrected chi connectivity index (χ4v) is 2.74. The summed E-state index contributed by atoms with van der Waals surface area (Å²) in [5.74, 6) is 1.79. The Morgan fingerprint density at radius 1 is 1.26 bits per heavy atom. The van der Waals surface area contributed by atoms with Crippen LogP contribution in [0.3, 0.4) is 0 Å². The molecule has 0 saturated heterocycles. The van der Waals surface area contributed by atoms with Gasteiger partial charge >= 0.3 is 0 Å². The molecule has 106 valence electrons. The first-order valence-corrected chi connectivity index (χ1v) is 7.34. The Hall–Kier alpha value is -1.10. The fourth-order valence-electron chi connectivity index (χ4n) is 2.58. The van der Waals surface area contributed by atoms with Gasteiger partial charge in [0.15, 0.2) is 0 Å². The van der Waals surface area contributed by atoms with E-state index in [1.54, 1.807) is 7.05 Å². The predicted octanol–water partition coefficient (Wildman–Crippen LogP) is 2.97. The maximum atomic E-state index is 5.99. The quantitative estimate of drug-likeness (QED) is 0.900. The highest BCUT2D eigenvalue weighted by Gasteiger charge is 2.26. The van der Waals surface area contributed by atoms with Crippen molar-refractivity contribution in [1.29, 1.82) is 0 Å². The van der Waals surface area contributed by atoms with Gasteiger partial charge in [0.05, 0.1) is 0 Å². The van der Waals surface area contributed by atoms with E-state index >= 15 is 0 Å². The van der Waals surface area contributed by atoms with Crippen molar-refractivity contribution in [1.82, 2.24) is 15.0 Å². The van der Waals surface area contributed by atoms with E-state index in [0.717, 1.165) is 6.54 Å². The van der Waals surface area contributed by atoms with E-state index in [2.05, 4.69) is 39.0 Å². The van der Waals surface area contributed by atoms with Gasteiger partial charge < -0.3 is 10.2 Å². The first-order chi connectivity index (χ1) is 9.10. The molecule has 1 N–H and O–H groups in total. The first-order valence-electron chi connectivity index (χ1n) is 6.96. The lowest BCUT2D eigenvalue weighted by Gasteiger charge is -2.30. The van der Waals surface area contributed by atoms with Gasteiger partial charge in [0.2, 0.25) is 17.2 Å². The molecule has 0 bridgehead atoms. The lowest BCUT2D eigenvalue weighted by Crippen LogP contribution is -2.37. The van der Waals surface area contributed by atoms with Gasteiger partial charge in [0.1, 0.15) is 0 Å². The predicted molar refractivity (Wildman–Crippen MR) is 78.8 cm³/mol. The second kappa shape index (κ2) is 6.37. The molecule has 1 saturated carbocycles. The molecule has 6 heteroatoms. The molecular weight excluding hydrogens is 262 g/mol. The zero-order valence-electron chi connectivity index (χ0n) is 11.9. The van der Waals surface area contributed by atoms with E-state index < -0.39 is 0 Å². The molecule has 0 unspecified atom stereocenters. The van der Waals surface area contributed by atoms with E-state index in [0.29, 0.717) is 23.9 Å². The van der Waals surface area contributed by atoms with Gasteiger partial charge in [-0.2, -0.15) is 15.0 Å². The number of hydrogen-bond acceptors (Lipinski definition) is 5. The second-order valence-corrected chi connectivity index (χ2v) is 5.80. The number of aromatic nitrogens is 3. The Morgan fingerprint density at radius 2 is 1.95 bits per heavy atom. The summed E-state index contributed by atoms with van der Waals surface area (Å²) >= 11 is 5.99. The molecule has 0 aliphatic heterocycles. The van der Waals surface area contributed by atoms with Crippen LogP contribution in [0.4, 0.5) is 11.9 Å². The molecule has 1 fully saturated rings. The van der Waals surface area contributed by atoms with Crippen molar-refractivity contribution in [2.45, 2.75) is 45.6 Å². The summed E-state index contributed by atoms with van der Waals surface area (Å²) < 4.78 is 0. The molecule has 1 aromatic rings. The first kappa shape index (κ1) is 14.3. The topological polar surface area (TPSA) is 53.9 Å². The third kappa shape index (κ3) is 3.69. The van der Waals surface area contributed by atoms with Crippen molar-refractivity contribution >= 4 is 23.5 Å². The molecular formula is C13H22ClN5. The van der Waals surface area contributed by atoms with Crippen LogP contribution < -0.4 is 10.2 Å².